The molecule has 0 aliphatic rings. The Labute approximate surface area is 97.9 Å². The van der Waals surface area contributed by atoms with Gasteiger partial charge in [0.2, 0.25) is 0 Å². The van der Waals surface area contributed by atoms with Crippen LogP contribution in [0.15, 0.2) is 53.9 Å². The van der Waals surface area contributed by atoms with Crippen LogP contribution >= 0.6 is 11.8 Å². The minimum absolute atomic E-state index is 0.0954. The Balaban J connectivity index is 1.95. The first-order valence-electron chi connectivity index (χ1n) is 4.84. The first kappa shape index (κ1) is 10.8. The van der Waals surface area contributed by atoms with E-state index >= 15 is 0 Å². The van der Waals surface area contributed by atoms with Crippen molar-refractivity contribution >= 4 is 17.5 Å². The topological polar surface area (TPSA) is 42.9 Å². The summed E-state index contributed by atoms with van der Waals surface area (Å²) in [6.07, 6.45) is 3.34. The van der Waals surface area contributed by atoms with Gasteiger partial charge in [0.25, 0.3) is 0 Å². The average Bonchev–Trinajstić information content (AvgIpc) is 2.38. The van der Waals surface area contributed by atoms with Gasteiger partial charge in [0.1, 0.15) is 0 Å². The summed E-state index contributed by atoms with van der Waals surface area (Å²) in [5.41, 5.74) is 0.728. The number of hydrogen-bond acceptors (Lipinski definition) is 4. The first-order chi connectivity index (χ1) is 7.86. The maximum atomic E-state index is 11.7. The SMILES string of the molecule is O=C(CSc1ncccn1)c1ccccc1. The zero-order valence-corrected chi connectivity index (χ0v) is 9.35. The number of thioether (sulfide) groups is 1. The fraction of sp³-hybridized carbons (Fsp3) is 0.0833. The third-order valence-corrected chi connectivity index (χ3v) is 2.85. The molecule has 1 heterocycles. The molecule has 80 valence electrons. The Morgan fingerprint density at radius 1 is 1.06 bits per heavy atom. The van der Waals surface area contributed by atoms with Gasteiger partial charge in [-0.1, -0.05) is 42.1 Å². The highest BCUT2D eigenvalue weighted by molar-refractivity contribution is 7.99. The van der Waals surface area contributed by atoms with Crippen LogP contribution in [0.5, 0.6) is 0 Å². The van der Waals surface area contributed by atoms with E-state index in [0.717, 1.165) is 5.56 Å². The van der Waals surface area contributed by atoms with Gasteiger partial charge in [0, 0.05) is 18.0 Å². The predicted octanol–water partition coefficient (Wildman–Crippen LogP) is 2.45. The van der Waals surface area contributed by atoms with Crippen molar-refractivity contribution in [3.05, 3.63) is 54.4 Å². The molecule has 0 saturated carbocycles. The molecule has 0 aliphatic heterocycles. The summed E-state index contributed by atoms with van der Waals surface area (Å²) in [5.74, 6) is 0.464. The number of carbonyl (C=O) groups excluding carboxylic acids is 1. The van der Waals surface area contributed by atoms with Crippen molar-refractivity contribution < 1.29 is 4.79 Å². The van der Waals surface area contributed by atoms with E-state index < -0.39 is 0 Å². The molecule has 0 radical (unpaired) electrons. The van der Waals surface area contributed by atoms with Gasteiger partial charge in [-0.05, 0) is 6.07 Å². The summed E-state index contributed by atoms with van der Waals surface area (Å²) < 4.78 is 0. The lowest BCUT2D eigenvalue weighted by atomic mass is 10.2. The van der Waals surface area contributed by atoms with Crippen LogP contribution in [0.3, 0.4) is 0 Å². The molecule has 0 N–H and O–H groups in total. The minimum Gasteiger partial charge on any atom is -0.293 e. The van der Waals surface area contributed by atoms with E-state index in [2.05, 4.69) is 9.97 Å². The fourth-order valence-corrected chi connectivity index (χ4v) is 1.90. The van der Waals surface area contributed by atoms with E-state index in [1.54, 1.807) is 18.5 Å². The molecule has 2 rings (SSSR count). The second-order valence-corrected chi connectivity index (χ2v) is 4.05. The van der Waals surface area contributed by atoms with Crippen LogP contribution in [0.25, 0.3) is 0 Å². The molecule has 0 aliphatic carbocycles. The molecule has 3 nitrogen and oxygen atoms in total. The van der Waals surface area contributed by atoms with E-state index in [0.29, 0.717) is 10.9 Å². The smallest absolute Gasteiger partial charge is 0.187 e. The molecule has 0 unspecified atom stereocenters. The highest BCUT2D eigenvalue weighted by atomic mass is 32.2. The number of aromatic nitrogens is 2. The van der Waals surface area contributed by atoms with Crippen molar-refractivity contribution in [2.24, 2.45) is 0 Å². The van der Waals surface area contributed by atoms with Gasteiger partial charge in [-0.15, -0.1) is 0 Å². The molecular weight excluding hydrogens is 220 g/mol. The lowest BCUT2D eigenvalue weighted by Crippen LogP contribution is -2.02. The number of benzene rings is 1. The normalized spacial score (nSPS) is 10.0. The molecule has 2 aromatic rings. The van der Waals surface area contributed by atoms with Gasteiger partial charge in [0.15, 0.2) is 10.9 Å². The van der Waals surface area contributed by atoms with Crippen molar-refractivity contribution in [3.8, 4) is 0 Å². The Morgan fingerprint density at radius 2 is 1.75 bits per heavy atom. The van der Waals surface area contributed by atoms with E-state index in [4.69, 9.17) is 0 Å². The first-order valence-corrected chi connectivity index (χ1v) is 5.83. The van der Waals surface area contributed by atoms with Crippen molar-refractivity contribution in [3.63, 3.8) is 0 Å². The van der Waals surface area contributed by atoms with Crippen molar-refractivity contribution in [2.45, 2.75) is 5.16 Å². The number of rotatable bonds is 4. The molecule has 16 heavy (non-hydrogen) atoms. The lowest BCUT2D eigenvalue weighted by Gasteiger charge is -1.99. The van der Waals surface area contributed by atoms with Crippen LogP contribution in [0.4, 0.5) is 0 Å². The Hall–Kier alpha value is -1.68. The quantitative estimate of drug-likeness (QED) is 0.459. The lowest BCUT2D eigenvalue weighted by molar-refractivity contribution is 0.102. The van der Waals surface area contributed by atoms with Crippen molar-refractivity contribution in [1.29, 1.82) is 0 Å². The molecule has 4 heteroatoms. The van der Waals surface area contributed by atoms with Gasteiger partial charge in [-0.25, -0.2) is 9.97 Å². The van der Waals surface area contributed by atoms with Crippen LogP contribution in [-0.2, 0) is 0 Å². The highest BCUT2D eigenvalue weighted by Gasteiger charge is 2.06. The van der Waals surface area contributed by atoms with Crippen LogP contribution in [-0.4, -0.2) is 21.5 Å². The summed E-state index contributed by atoms with van der Waals surface area (Å²) in [5, 5.41) is 0.631. The fourth-order valence-electron chi connectivity index (χ4n) is 1.20. The highest BCUT2D eigenvalue weighted by Crippen LogP contribution is 2.13. The summed E-state index contributed by atoms with van der Waals surface area (Å²) in [4.78, 5) is 19.8. The maximum absolute atomic E-state index is 11.7. The Morgan fingerprint density at radius 3 is 2.44 bits per heavy atom. The molecule has 0 amide bonds. The summed E-state index contributed by atoms with van der Waals surface area (Å²) in [7, 11) is 0. The number of ketones is 1. The second-order valence-electron chi connectivity index (χ2n) is 3.11. The molecule has 0 spiro atoms. The predicted molar refractivity (Wildman–Crippen MR) is 63.5 cm³/mol. The second kappa shape index (κ2) is 5.42. The average molecular weight is 230 g/mol. The van der Waals surface area contributed by atoms with Crippen LogP contribution in [0, 0.1) is 0 Å². The van der Waals surface area contributed by atoms with Crippen LogP contribution in [0.2, 0.25) is 0 Å². The summed E-state index contributed by atoms with van der Waals surface area (Å²) in [6, 6.07) is 11.0. The van der Waals surface area contributed by atoms with Crippen LogP contribution in [0.1, 0.15) is 10.4 Å². The standard InChI is InChI=1S/C12H10N2OS/c15-11(10-5-2-1-3-6-10)9-16-12-13-7-4-8-14-12/h1-8H,9H2. The zero-order valence-electron chi connectivity index (χ0n) is 8.54. The van der Waals surface area contributed by atoms with Gasteiger partial charge in [-0.3, -0.25) is 4.79 Å². The van der Waals surface area contributed by atoms with Gasteiger partial charge in [-0.2, -0.15) is 0 Å². The maximum Gasteiger partial charge on any atom is 0.187 e. The third-order valence-electron chi connectivity index (χ3n) is 1.97. The Kier molecular flexibility index (Phi) is 3.66. The third kappa shape index (κ3) is 2.90. The molecule has 0 saturated heterocycles. The number of carbonyl (C=O) groups is 1. The molecule has 1 aromatic carbocycles. The van der Waals surface area contributed by atoms with E-state index in [9.17, 15) is 4.79 Å². The Bertz CT molecular complexity index is 459. The van der Waals surface area contributed by atoms with Gasteiger partial charge < -0.3 is 0 Å². The van der Waals surface area contributed by atoms with E-state index in [1.165, 1.54) is 11.8 Å². The number of nitrogens with zero attached hydrogens (tertiary/aromatic N) is 2. The molecule has 0 bridgehead atoms. The number of hydrogen-bond donors (Lipinski definition) is 0. The van der Waals surface area contributed by atoms with Gasteiger partial charge in [0.05, 0.1) is 5.75 Å². The summed E-state index contributed by atoms with van der Waals surface area (Å²) >= 11 is 1.35. The monoisotopic (exact) mass is 230 g/mol. The number of Topliss-reactive ketones (excluding diaryl/α,β-unsaturated/α-hetero) is 1. The zero-order chi connectivity index (χ0) is 11.2. The molecule has 0 atom stereocenters. The van der Waals surface area contributed by atoms with E-state index in [1.807, 2.05) is 30.3 Å². The molecular formula is C12H10N2OS. The van der Waals surface area contributed by atoms with Crippen LogP contribution < -0.4 is 0 Å². The molecule has 0 fully saturated rings. The summed E-state index contributed by atoms with van der Waals surface area (Å²) in [6.45, 7) is 0. The van der Waals surface area contributed by atoms with Crippen molar-refractivity contribution in [2.75, 3.05) is 5.75 Å². The van der Waals surface area contributed by atoms with Crippen molar-refractivity contribution in [1.82, 2.24) is 9.97 Å². The largest absolute Gasteiger partial charge is 0.293 e. The minimum atomic E-state index is 0.0954. The molecule has 1 aromatic heterocycles. The van der Waals surface area contributed by atoms with Gasteiger partial charge >= 0.3 is 0 Å². The van der Waals surface area contributed by atoms with E-state index in [-0.39, 0.29) is 5.78 Å².